The van der Waals surface area contributed by atoms with Crippen LogP contribution in [0.15, 0.2) is 124 Å². The molecule has 0 aliphatic carbocycles. The van der Waals surface area contributed by atoms with E-state index in [0.29, 0.717) is 22.0 Å². The van der Waals surface area contributed by atoms with Crippen LogP contribution < -0.4 is 10.1 Å². The van der Waals surface area contributed by atoms with E-state index in [1.807, 2.05) is 18.2 Å². The van der Waals surface area contributed by atoms with Gasteiger partial charge in [-0.1, -0.05) is 78.9 Å². The maximum absolute atomic E-state index is 13.4. The predicted molar refractivity (Wildman–Crippen MR) is 159 cm³/mol. The summed E-state index contributed by atoms with van der Waals surface area (Å²) in [6.07, 6.45) is 0. The Morgan fingerprint density at radius 2 is 1.54 bits per heavy atom. The second-order valence-corrected chi connectivity index (χ2v) is 11.1. The number of carbonyl (C=O) groups is 1. The number of sulfone groups is 1. The number of phenolic OH excluding ortho intramolecular Hbond substituents is 1. The van der Waals surface area contributed by atoms with E-state index in [0.717, 1.165) is 0 Å². The molecule has 0 saturated heterocycles. The summed E-state index contributed by atoms with van der Waals surface area (Å²) in [5.41, 5.74) is 1.47. The van der Waals surface area contributed by atoms with Crippen LogP contribution in [0.1, 0.15) is 22.8 Å². The summed E-state index contributed by atoms with van der Waals surface area (Å²) in [6.45, 7) is 1.94. The van der Waals surface area contributed by atoms with E-state index >= 15 is 0 Å². The number of fused-ring (bicyclic) bond motifs is 1. The first-order valence-electron chi connectivity index (χ1n) is 12.9. The molecule has 1 amide bonds. The lowest BCUT2D eigenvalue weighted by atomic mass is 10.0. The number of nitrogens with one attached hydrogen (secondary N) is 1. The minimum absolute atomic E-state index is 0.00952. The molecule has 41 heavy (non-hydrogen) atoms. The molecule has 0 fully saturated rings. The summed E-state index contributed by atoms with van der Waals surface area (Å²) in [5.74, 6) is -1.01. The number of nitrogens with zero attached hydrogens (tertiary/aromatic N) is 2. The maximum Gasteiger partial charge on any atom is 0.259 e. The smallest absolute Gasteiger partial charge is 0.259 e. The van der Waals surface area contributed by atoms with Crippen molar-refractivity contribution in [3.05, 3.63) is 120 Å². The van der Waals surface area contributed by atoms with Gasteiger partial charge in [-0.3, -0.25) is 4.79 Å². The standard InChI is InChI=1S/C32H27N3O5S/c1-2-40-31-27(18-11-19-28(31)41(38,39)21-22-12-5-3-6-13-22)34-35-29-25-17-10-9-14-23(25)20-26(30(29)36)32(37)33-24-15-7-4-8-16-24/h3-20,36H,2,21H2,1H3,(H,33,37). The summed E-state index contributed by atoms with van der Waals surface area (Å²) in [4.78, 5) is 13.1. The SMILES string of the molecule is CCOc1c(N=Nc2c(O)c(C(=O)Nc3ccccc3)cc3ccccc23)cccc1S(=O)(=O)Cc1ccccc1. The Labute approximate surface area is 237 Å². The summed E-state index contributed by atoms with van der Waals surface area (Å²) in [6, 6.07) is 31.1. The third-order valence-electron chi connectivity index (χ3n) is 6.31. The van der Waals surface area contributed by atoms with Crippen molar-refractivity contribution in [1.29, 1.82) is 0 Å². The molecule has 0 atom stereocenters. The second kappa shape index (κ2) is 12.0. The molecule has 5 aromatic carbocycles. The molecule has 2 N–H and O–H groups in total. The number of azo groups is 1. The number of carbonyl (C=O) groups excluding carboxylic acids is 1. The van der Waals surface area contributed by atoms with Crippen molar-refractivity contribution in [3.63, 3.8) is 0 Å². The van der Waals surface area contributed by atoms with E-state index in [1.165, 1.54) is 6.07 Å². The first-order chi connectivity index (χ1) is 19.9. The highest BCUT2D eigenvalue weighted by molar-refractivity contribution is 7.90. The average molecular weight is 566 g/mol. The number of aromatic hydroxyl groups is 1. The van der Waals surface area contributed by atoms with E-state index < -0.39 is 15.7 Å². The van der Waals surface area contributed by atoms with Crippen molar-refractivity contribution in [2.75, 3.05) is 11.9 Å². The molecule has 0 aliphatic heterocycles. The van der Waals surface area contributed by atoms with Crippen LogP contribution in [0.4, 0.5) is 17.1 Å². The Balaban J connectivity index is 1.57. The van der Waals surface area contributed by atoms with Crippen molar-refractivity contribution in [3.8, 4) is 11.5 Å². The molecule has 0 unspecified atom stereocenters. The molecule has 0 aromatic heterocycles. The molecule has 8 nitrogen and oxygen atoms in total. The van der Waals surface area contributed by atoms with E-state index in [-0.39, 0.29) is 45.7 Å². The topological polar surface area (TPSA) is 117 Å². The number of hydrogen-bond acceptors (Lipinski definition) is 7. The van der Waals surface area contributed by atoms with Gasteiger partial charge in [-0.15, -0.1) is 10.2 Å². The Hall–Kier alpha value is -5.02. The minimum atomic E-state index is -3.79. The number of amides is 1. The third kappa shape index (κ3) is 6.10. The molecule has 9 heteroatoms. The lowest BCUT2D eigenvalue weighted by molar-refractivity contribution is 0.102. The molecular weight excluding hydrogens is 538 g/mol. The number of para-hydroxylation sites is 2. The molecule has 0 spiro atoms. The summed E-state index contributed by atoms with van der Waals surface area (Å²) in [7, 11) is -3.79. The van der Waals surface area contributed by atoms with Crippen LogP contribution in [0.3, 0.4) is 0 Å². The maximum atomic E-state index is 13.4. The summed E-state index contributed by atoms with van der Waals surface area (Å²) >= 11 is 0. The fourth-order valence-electron chi connectivity index (χ4n) is 4.40. The van der Waals surface area contributed by atoms with Gasteiger partial charge in [-0.25, -0.2) is 8.42 Å². The lowest BCUT2D eigenvalue weighted by Gasteiger charge is -2.13. The molecule has 0 bridgehead atoms. The van der Waals surface area contributed by atoms with E-state index in [9.17, 15) is 18.3 Å². The number of rotatable bonds is 9. The van der Waals surface area contributed by atoms with Gasteiger partial charge in [0.25, 0.3) is 5.91 Å². The molecule has 206 valence electrons. The van der Waals surface area contributed by atoms with Gasteiger partial charge >= 0.3 is 0 Å². The van der Waals surface area contributed by atoms with Gasteiger partial charge in [-0.2, -0.15) is 0 Å². The molecule has 0 saturated carbocycles. The largest absolute Gasteiger partial charge is 0.505 e. The van der Waals surface area contributed by atoms with Crippen LogP contribution in [0.5, 0.6) is 11.5 Å². The molecule has 0 heterocycles. The molecule has 5 aromatic rings. The monoisotopic (exact) mass is 565 g/mol. The summed E-state index contributed by atoms with van der Waals surface area (Å²) < 4.78 is 32.5. The van der Waals surface area contributed by atoms with Gasteiger partial charge in [0, 0.05) is 11.1 Å². The lowest BCUT2D eigenvalue weighted by Crippen LogP contribution is -2.12. The van der Waals surface area contributed by atoms with Gasteiger partial charge < -0.3 is 15.2 Å². The van der Waals surface area contributed by atoms with Gasteiger partial charge in [0.2, 0.25) is 0 Å². The Morgan fingerprint density at radius 1 is 0.854 bits per heavy atom. The predicted octanol–water partition coefficient (Wildman–Crippen LogP) is 7.59. The highest BCUT2D eigenvalue weighted by Gasteiger charge is 2.24. The minimum Gasteiger partial charge on any atom is -0.505 e. The first kappa shape index (κ1) is 27.5. The van der Waals surface area contributed by atoms with Crippen LogP contribution in [-0.2, 0) is 15.6 Å². The van der Waals surface area contributed by atoms with E-state index in [2.05, 4.69) is 15.5 Å². The van der Waals surface area contributed by atoms with E-state index in [1.54, 1.807) is 91.9 Å². The molecular formula is C32H27N3O5S. The quantitative estimate of drug-likeness (QED) is 0.179. The van der Waals surface area contributed by atoms with Crippen molar-refractivity contribution >= 4 is 43.6 Å². The van der Waals surface area contributed by atoms with Crippen LogP contribution in [0, 0.1) is 0 Å². The fourth-order valence-corrected chi connectivity index (χ4v) is 5.92. The van der Waals surface area contributed by atoms with Gasteiger partial charge in [0.1, 0.15) is 16.3 Å². The van der Waals surface area contributed by atoms with Crippen LogP contribution >= 0.6 is 0 Å². The number of hydrogen-bond donors (Lipinski definition) is 2. The number of anilines is 1. The third-order valence-corrected chi connectivity index (χ3v) is 8.02. The van der Waals surface area contributed by atoms with Crippen molar-refractivity contribution < 1.29 is 23.1 Å². The van der Waals surface area contributed by atoms with Crippen molar-refractivity contribution in [2.24, 2.45) is 10.2 Å². The van der Waals surface area contributed by atoms with Crippen LogP contribution in [-0.4, -0.2) is 26.0 Å². The fraction of sp³-hybridized carbons (Fsp3) is 0.0938. The first-order valence-corrected chi connectivity index (χ1v) is 14.6. The van der Waals surface area contributed by atoms with Crippen LogP contribution in [0.25, 0.3) is 10.8 Å². The highest BCUT2D eigenvalue weighted by atomic mass is 32.2. The Morgan fingerprint density at radius 3 is 2.27 bits per heavy atom. The van der Waals surface area contributed by atoms with Gasteiger partial charge in [0.05, 0.1) is 17.9 Å². The summed E-state index contributed by atoms with van der Waals surface area (Å²) in [5, 5.41) is 23.8. The average Bonchev–Trinajstić information content (AvgIpc) is 2.98. The van der Waals surface area contributed by atoms with Gasteiger partial charge in [0.15, 0.2) is 21.3 Å². The Bertz CT molecular complexity index is 1840. The zero-order valence-corrected chi connectivity index (χ0v) is 23.0. The number of benzene rings is 5. The highest BCUT2D eigenvalue weighted by Crippen LogP contribution is 2.42. The Kier molecular flexibility index (Phi) is 8.07. The number of ether oxygens (including phenoxy) is 1. The zero-order valence-electron chi connectivity index (χ0n) is 22.2. The number of phenols is 1. The van der Waals surface area contributed by atoms with Gasteiger partial charge in [-0.05, 0) is 48.2 Å². The van der Waals surface area contributed by atoms with Crippen LogP contribution in [0.2, 0.25) is 0 Å². The van der Waals surface area contributed by atoms with Crippen molar-refractivity contribution in [2.45, 2.75) is 17.6 Å². The molecule has 0 radical (unpaired) electrons. The second-order valence-electron chi connectivity index (χ2n) is 9.14. The van der Waals surface area contributed by atoms with E-state index in [4.69, 9.17) is 4.74 Å². The molecule has 0 aliphatic rings. The molecule has 5 rings (SSSR count). The van der Waals surface area contributed by atoms with Crippen molar-refractivity contribution in [1.82, 2.24) is 0 Å². The zero-order chi connectivity index (χ0) is 28.8. The normalized spacial score (nSPS) is 11.5.